The van der Waals surface area contributed by atoms with Crippen LogP contribution in [0.15, 0.2) is 12.2 Å². The van der Waals surface area contributed by atoms with Gasteiger partial charge in [0.2, 0.25) is 23.6 Å². The Morgan fingerprint density at radius 2 is 1.00 bits per heavy atom. The number of carbonyl (C=O) groups excluding carboxylic acids is 6. The van der Waals surface area contributed by atoms with E-state index in [0.717, 1.165) is 22.0 Å². The average Bonchev–Trinajstić information content (AvgIpc) is 3.09. The molecule has 0 aromatic heterocycles. The van der Waals surface area contributed by atoms with Gasteiger partial charge in [-0.2, -0.15) is 0 Å². The van der Waals surface area contributed by atoms with Crippen molar-refractivity contribution in [2.24, 2.45) is 0 Å². The molecule has 0 atom stereocenters. The SMILES string of the molecule is O=C(/C=C/C(=O)OCCN1C(=O)CCC1=O)OCCN1C(=O)CCC1=O. The summed E-state index contributed by atoms with van der Waals surface area (Å²) in [5.41, 5.74) is 0. The molecule has 0 aromatic carbocycles. The maximum atomic E-state index is 11.5. The fraction of sp³-hybridized carbons (Fsp3) is 0.500. The molecule has 0 N–H and O–H groups in total. The predicted octanol–water partition coefficient (Wildman–Crippen LogP) is -1.07. The summed E-state index contributed by atoms with van der Waals surface area (Å²) in [6, 6.07) is 0. The van der Waals surface area contributed by atoms with Crippen LogP contribution in [0.5, 0.6) is 0 Å². The monoisotopic (exact) mass is 366 g/mol. The zero-order valence-corrected chi connectivity index (χ0v) is 14.0. The second-order valence-electron chi connectivity index (χ2n) is 5.55. The minimum atomic E-state index is -0.828. The average molecular weight is 366 g/mol. The quantitative estimate of drug-likeness (QED) is 0.302. The van der Waals surface area contributed by atoms with Crippen molar-refractivity contribution in [3.8, 4) is 0 Å². The Morgan fingerprint density at radius 3 is 1.31 bits per heavy atom. The highest BCUT2D eigenvalue weighted by atomic mass is 16.5. The number of hydrogen-bond acceptors (Lipinski definition) is 8. The van der Waals surface area contributed by atoms with Gasteiger partial charge in [0.1, 0.15) is 13.2 Å². The van der Waals surface area contributed by atoms with Crippen molar-refractivity contribution in [1.29, 1.82) is 0 Å². The van der Waals surface area contributed by atoms with E-state index >= 15 is 0 Å². The molecule has 0 spiro atoms. The van der Waals surface area contributed by atoms with Gasteiger partial charge >= 0.3 is 11.9 Å². The minimum Gasteiger partial charge on any atom is -0.461 e. The first-order valence-corrected chi connectivity index (χ1v) is 8.06. The van der Waals surface area contributed by atoms with Gasteiger partial charge in [-0.25, -0.2) is 9.59 Å². The second kappa shape index (κ2) is 8.88. The Morgan fingerprint density at radius 1 is 0.692 bits per heavy atom. The van der Waals surface area contributed by atoms with Crippen LogP contribution in [0.4, 0.5) is 0 Å². The summed E-state index contributed by atoms with van der Waals surface area (Å²) in [6.45, 7) is -0.400. The maximum absolute atomic E-state index is 11.5. The number of amides is 4. The highest BCUT2D eigenvalue weighted by molar-refractivity contribution is 6.02. The summed E-state index contributed by atoms with van der Waals surface area (Å²) in [6.07, 6.45) is 2.34. The standard InChI is InChI=1S/C16H18N2O8/c19-11-1-2-12(20)17(11)7-9-25-15(23)5-6-16(24)26-10-8-18-13(21)3-4-14(18)22/h5-6H,1-4,7-10H2/b6-5+. The fourth-order valence-electron chi connectivity index (χ4n) is 2.45. The van der Waals surface area contributed by atoms with E-state index in [4.69, 9.17) is 9.47 Å². The molecule has 0 aromatic rings. The number of carbonyl (C=O) groups is 6. The lowest BCUT2D eigenvalue weighted by atomic mass is 10.4. The number of esters is 2. The van der Waals surface area contributed by atoms with E-state index in [9.17, 15) is 28.8 Å². The van der Waals surface area contributed by atoms with Crippen molar-refractivity contribution in [3.63, 3.8) is 0 Å². The smallest absolute Gasteiger partial charge is 0.331 e. The highest BCUT2D eigenvalue weighted by Gasteiger charge is 2.29. The van der Waals surface area contributed by atoms with Gasteiger partial charge in [0, 0.05) is 37.8 Å². The minimum absolute atomic E-state index is 0.0282. The van der Waals surface area contributed by atoms with E-state index in [2.05, 4.69) is 0 Å². The Labute approximate surface area is 148 Å². The molecule has 2 rings (SSSR count). The number of hydrogen-bond donors (Lipinski definition) is 0. The van der Waals surface area contributed by atoms with E-state index in [1.54, 1.807) is 0 Å². The number of likely N-dealkylation sites (tertiary alicyclic amines) is 2. The third-order valence-electron chi connectivity index (χ3n) is 3.78. The lowest BCUT2D eigenvalue weighted by Gasteiger charge is -2.13. The van der Waals surface area contributed by atoms with Crippen molar-refractivity contribution in [2.45, 2.75) is 25.7 Å². The Kier molecular flexibility index (Phi) is 6.59. The number of imide groups is 2. The van der Waals surface area contributed by atoms with Gasteiger partial charge in [0.25, 0.3) is 0 Å². The van der Waals surface area contributed by atoms with Crippen LogP contribution >= 0.6 is 0 Å². The lowest BCUT2D eigenvalue weighted by Crippen LogP contribution is -2.33. The molecule has 0 bridgehead atoms. The Balaban J connectivity index is 1.61. The summed E-state index contributed by atoms with van der Waals surface area (Å²) in [5, 5.41) is 0. The topological polar surface area (TPSA) is 127 Å². The second-order valence-corrected chi connectivity index (χ2v) is 5.55. The molecule has 2 fully saturated rings. The molecular formula is C16H18N2O8. The summed E-state index contributed by atoms with van der Waals surface area (Å²) in [4.78, 5) is 70.4. The van der Waals surface area contributed by atoms with Gasteiger partial charge in [-0.3, -0.25) is 29.0 Å². The summed E-state index contributed by atoms with van der Waals surface area (Å²) in [5.74, 6) is -2.88. The van der Waals surface area contributed by atoms with Crippen molar-refractivity contribution >= 4 is 35.6 Å². The zero-order valence-electron chi connectivity index (χ0n) is 14.0. The molecule has 0 unspecified atom stereocenters. The molecule has 10 heteroatoms. The molecule has 0 aliphatic carbocycles. The van der Waals surface area contributed by atoms with Crippen LogP contribution in [0.3, 0.4) is 0 Å². The van der Waals surface area contributed by atoms with Crippen molar-refractivity contribution in [2.75, 3.05) is 26.3 Å². The first-order valence-electron chi connectivity index (χ1n) is 8.06. The first-order chi connectivity index (χ1) is 12.4. The normalized spacial score (nSPS) is 17.5. The molecular weight excluding hydrogens is 348 g/mol. The molecule has 2 heterocycles. The number of ether oxygens (including phenoxy) is 2. The van der Waals surface area contributed by atoms with Crippen molar-refractivity contribution in [3.05, 3.63) is 12.2 Å². The van der Waals surface area contributed by atoms with Crippen LogP contribution in [0.2, 0.25) is 0 Å². The molecule has 0 saturated carbocycles. The van der Waals surface area contributed by atoms with Crippen LogP contribution in [0, 0.1) is 0 Å². The van der Waals surface area contributed by atoms with E-state index in [1.165, 1.54) is 0 Å². The zero-order chi connectivity index (χ0) is 19.1. The van der Waals surface area contributed by atoms with E-state index in [1.807, 2.05) is 0 Å². The summed E-state index contributed by atoms with van der Waals surface area (Å²) < 4.78 is 9.58. The van der Waals surface area contributed by atoms with Gasteiger partial charge in [-0.1, -0.05) is 0 Å². The summed E-state index contributed by atoms with van der Waals surface area (Å²) >= 11 is 0. The largest absolute Gasteiger partial charge is 0.461 e. The molecule has 2 saturated heterocycles. The summed E-state index contributed by atoms with van der Waals surface area (Å²) in [7, 11) is 0. The first kappa shape index (κ1) is 19.3. The van der Waals surface area contributed by atoms with Crippen molar-refractivity contribution < 1.29 is 38.2 Å². The predicted molar refractivity (Wildman–Crippen MR) is 83.0 cm³/mol. The van der Waals surface area contributed by atoms with Gasteiger partial charge in [-0.05, 0) is 0 Å². The van der Waals surface area contributed by atoms with Gasteiger partial charge in [0.15, 0.2) is 0 Å². The van der Waals surface area contributed by atoms with Crippen LogP contribution in [0.1, 0.15) is 25.7 Å². The molecule has 10 nitrogen and oxygen atoms in total. The fourth-order valence-corrected chi connectivity index (χ4v) is 2.45. The van der Waals surface area contributed by atoms with Gasteiger partial charge < -0.3 is 9.47 Å². The molecule has 4 amide bonds. The van der Waals surface area contributed by atoms with Gasteiger partial charge in [0.05, 0.1) is 13.1 Å². The van der Waals surface area contributed by atoms with Crippen LogP contribution in [-0.2, 0) is 38.2 Å². The van der Waals surface area contributed by atoms with Gasteiger partial charge in [-0.15, -0.1) is 0 Å². The highest BCUT2D eigenvalue weighted by Crippen LogP contribution is 2.11. The molecule has 26 heavy (non-hydrogen) atoms. The molecule has 140 valence electrons. The van der Waals surface area contributed by atoms with E-state index in [-0.39, 0.29) is 75.6 Å². The number of rotatable bonds is 8. The Bertz CT molecular complexity index is 581. The van der Waals surface area contributed by atoms with Crippen LogP contribution < -0.4 is 0 Å². The van der Waals surface area contributed by atoms with Crippen molar-refractivity contribution in [1.82, 2.24) is 9.80 Å². The third kappa shape index (κ3) is 5.23. The molecule has 2 aliphatic heterocycles. The maximum Gasteiger partial charge on any atom is 0.331 e. The molecule has 0 radical (unpaired) electrons. The van der Waals surface area contributed by atoms with E-state index < -0.39 is 11.9 Å². The third-order valence-corrected chi connectivity index (χ3v) is 3.78. The molecule has 2 aliphatic rings. The lowest BCUT2D eigenvalue weighted by molar-refractivity contribution is -0.145. The van der Waals surface area contributed by atoms with Crippen LogP contribution in [0.25, 0.3) is 0 Å². The van der Waals surface area contributed by atoms with Crippen LogP contribution in [-0.4, -0.2) is 71.7 Å². The van der Waals surface area contributed by atoms with E-state index in [0.29, 0.717) is 0 Å². The number of nitrogens with zero attached hydrogens (tertiary/aromatic N) is 2. The Hall–Kier alpha value is -3.04.